The zero-order chi connectivity index (χ0) is 22.2. The van der Waals surface area contributed by atoms with Crippen LogP contribution in [0.25, 0.3) is 49.3 Å². The number of para-hydroxylation sites is 1. The molecule has 0 bridgehead atoms. The van der Waals surface area contributed by atoms with Gasteiger partial charge < -0.3 is 0 Å². The summed E-state index contributed by atoms with van der Waals surface area (Å²) >= 11 is 5.24. The first kappa shape index (κ1) is 20.1. The van der Waals surface area contributed by atoms with Crippen LogP contribution in [0.5, 0.6) is 0 Å². The maximum Gasteiger partial charge on any atom is 0.196 e. The Morgan fingerprint density at radius 3 is 1.94 bits per heavy atom. The standard InChI is InChI=1S/C28H18BrN3S/c29-22-17-15-21(16-18-22)27-31-25(19-9-3-1-4-10-19)26(20-11-5-2-6-12-20)32(27)28-30-23-13-7-8-14-24(23)33-28/h1-18H. The maximum atomic E-state index is 5.22. The first-order valence-corrected chi connectivity index (χ1v) is 12.2. The molecule has 0 saturated heterocycles. The lowest BCUT2D eigenvalue weighted by Gasteiger charge is -2.11. The summed E-state index contributed by atoms with van der Waals surface area (Å²) in [7, 11) is 0. The maximum absolute atomic E-state index is 5.22. The van der Waals surface area contributed by atoms with Gasteiger partial charge in [0.1, 0.15) is 5.82 Å². The Bertz CT molecular complexity index is 1520. The van der Waals surface area contributed by atoms with E-state index < -0.39 is 0 Å². The quantitative estimate of drug-likeness (QED) is 0.240. The van der Waals surface area contributed by atoms with Crippen LogP contribution in [-0.2, 0) is 0 Å². The SMILES string of the molecule is Brc1ccc(-c2nc(-c3ccccc3)c(-c3ccccc3)n2-c2nc3ccccc3s2)cc1. The van der Waals surface area contributed by atoms with Gasteiger partial charge in [-0.15, -0.1) is 0 Å². The molecule has 3 nitrogen and oxygen atoms in total. The summed E-state index contributed by atoms with van der Waals surface area (Å²) in [6.07, 6.45) is 0. The minimum atomic E-state index is 0.874. The van der Waals surface area contributed by atoms with Crippen molar-refractivity contribution in [2.75, 3.05) is 0 Å². The number of benzene rings is 4. The molecule has 0 spiro atoms. The van der Waals surface area contributed by atoms with Crippen molar-refractivity contribution in [2.24, 2.45) is 0 Å². The Labute approximate surface area is 204 Å². The van der Waals surface area contributed by atoms with Gasteiger partial charge in [0.15, 0.2) is 5.13 Å². The number of hydrogen-bond donors (Lipinski definition) is 0. The van der Waals surface area contributed by atoms with E-state index in [1.807, 2.05) is 18.2 Å². The van der Waals surface area contributed by atoms with Gasteiger partial charge in [-0.3, -0.25) is 4.57 Å². The van der Waals surface area contributed by atoms with Gasteiger partial charge in [-0.05, 0) is 24.3 Å². The lowest BCUT2D eigenvalue weighted by molar-refractivity contribution is 1.06. The molecule has 5 heteroatoms. The van der Waals surface area contributed by atoms with E-state index >= 15 is 0 Å². The molecule has 0 unspecified atom stereocenters. The molecule has 6 aromatic rings. The van der Waals surface area contributed by atoms with Gasteiger partial charge in [0.25, 0.3) is 0 Å². The van der Waals surface area contributed by atoms with Crippen molar-refractivity contribution in [3.8, 4) is 39.0 Å². The third-order valence-electron chi connectivity index (χ3n) is 5.55. The summed E-state index contributed by atoms with van der Waals surface area (Å²) < 4.78 is 4.41. The van der Waals surface area contributed by atoms with Crippen molar-refractivity contribution >= 4 is 37.5 Å². The van der Waals surface area contributed by atoms with Crippen molar-refractivity contribution in [3.63, 3.8) is 0 Å². The minimum absolute atomic E-state index is 0.874. The monoisotopic (exact) mass is 507 g/mol. The highest BCUT2D eigenvalue weighted by Gasteiger charge is 2.24. The molecule has 4 aromatic carbocycles. The van der Waals surface area contributed by atoms with Crippen LogP contribution in [-0.4, -0.2) is 14.5 Å². The summed E-state index contributed by atoms with van der Waals surface area (Å²) in [5.74, 6) is 0.874. The van der Waals surface area contributed by atoms with Gasteiger partial charge in [0.2, 0.25) is 0 Å². The van der Waals surface area contributed by atoms with E-state index in [2.05, 4.69) is 111 Å². The molecule has 0 saturated carbocycles. The average molecular weight is 508 g/mol. The van der Waals surface area contributed by atoms with Crippen molar-refractivity contribution in [1.82, 2.24) is 14.5 Å². The van der Waals surface area contributed by atoms with Crippen LogP contribution in [0.1, 0.15) is 0 Å². The van der Waals surface area contributed by atoms with Gasteiger partial charge >= 0.3 is 0 Å². The fraction of sp³-hybridized carbons (Fsp3) is 0. The summed E-state index contributed by atoms with van der Waals surface area (Å²) in [5, 5.41) is 0.905. The Balaban J connectivity index is 1.72. The molecule has 0 N–H and O–H groups in total. The van der Waals surface area contributed by atoms with Crippen molar-refractivity contribution in [2.45, 2.75) is 0 Å². The largest absolute Gasteiger partial charge is 0.267 e. The molecule has 33 heavy (non-hydrogen) atoms. The zero-order valence-corrected chi connectivity index (χ0v) is 19.9. The Morgan fingerprint density at radius 1 is 0.606 bits per heavy atom. The second-order valence-corrected chi connectivity index (χ2v) is 9.60. The van der Waals surface area contributed by atoms with Crippen LogP contribution in [0, 0.1) is 0 Å². The van der Waals surface area contributed by atoms with E-state index in [-0.39, 0.29) is 0 Å². The molecule has 0 fully saturated rings. The van der Waals surface area contributed by atoms with Gasteiger partial charge in [-0.1, -0.05) is 112 Å². The molecule has 0 amide bonds. The molecule has 0 aliphatic carbocycles. The number of imidazole rings is 1. The van der Waals surface area contributed by atoms with E-state index in [4.69, 9.17) is 9.97 Å². The lowest BCUT2D eigenvalue weighted by Crippen LogP contribution is -1.99. The van der Waals surface area contributed by atoms with E-state index in [9.17, 15) is 0 Å². The Kier molecular flexibility index (Phi) is 5.13. The molecular weight excluding hydrogens is 490 g/mol. The summed E-state index contributed by atoms with van der Waals surface area (Å²) in [6, 6.07) is 37.4. The highest BCUT2D eigenvalue weighted by atomic mass is 79.9. The van der Waals surface area contributed by atoms with Crippen LogP contribution in [0.15, 0.2) is 114 Å². The first-order chi connectivity index (χ1) is 16.3. The van der Waals surface area contributed by atoms with E-state index in [1.165, 1.54) is 0 Å². The van der Waals surface area contributed by atoms with Gasteiger partial charge in [-0.2, -0.15) is 0 Å². The second-order valence-electron chi connectivity index (χ2n) is 7.67. The summed E-state index contributed by atoms with van der Waals surface area (Å²) in [4.78, 5) is 10.2. The minimum Gasteiger partial charge on any atom is -0.267 e. The van der Waals surface area contributed by atoms with E-state index in [0.29, 0.717) is 0 Å². The number of halogens is 1. The highest BCUT2D eigenvalue weighted by Crippen LogP contribution is 2.40. The highest BCUT2D eigenvalue weighted by molar-refractivity contribution is 9.10. The summed E-state index contributed by atoms with van der Waals surface area (Å²) in [5.41, 5.74) is 6.20. The number of fused-ring (bicyclic) bond motifs is 1. The molecule has 158 valence electrons. The third-order valence-corrected chi connectivity index (χ3v) is 7.10. The van der Waals surface area contributed by atoms with Crippen LogP contribution < -0.4 is 0 Å². The zero-order valence-electron chi connectivity index (χ0n) is 17.5. The van der Waals surface area contributed by atoms with E-state index in [0.717, 1.165) is 53.7 Å². The predicted octanol–water partition coefficient (Wildman–Crippen LogP) is 8.25. The Morgan fingerprint density at radius 2 is 1.24 bits per heavy atom. The molecule has 2 aromatic heterocycles. The second kappa shape index (κ2) is 8.43. The van der Waals surface area contributed by atoms with Crippen molar-refractivity contribution in [3.05, 3.63) is 114 Å². The summed E-state index contributed by atoms with van der Waals surface area (Å²) in [6.45, 7) is 0. The number of nitrogens with zero attached hydrogens (tertiary/aromatic N) is 3. The van der Waals surface area contributed by atoms with Gasteiger partial charge in [0.05, 0.1) is 21.6 Å². The van der Waals surface area contributed by atoms with E-state index in [1.54, 1.807) is 11.3 Å². The van der Waals surface area contributed by atoms with Crippen LogP contribution in [0.2, 0.25) is 0 Å². The molecule has 0 atom stereocenters. The predicted molar refractivity (Wildman–Crippen MR) is 141 cm³/mol. The number of rotatable bonds is 4. The smallest absolute Gasteiger partial charge is 0.196 e. The number of aromatic nitrogens is 3. The third kappa shape index (κ3) is 3.69. The number of thiazole rings is 1. The fourth-order valence-electron chi connectivity index (χ4n) is 4.01. The molecule has 6 rings (SSSR count). The fourth-order valence-corrected chi connectivity index (χ4v) is 5.25. The van der Waals surface area contributed by atoms with Gasteiger partial charge in [-0.25, -0.2) is 9.97 Å². The van der Waals surface area contributed by atoms with Crippen molar-refractivity contribution < 1.29 is 0 Å². The molecule has 0 aliphatic rings. The van der Waals surface area contributed by atoms with Crippen molar-refractivity contribution in [1.29, 1.82) is 0 Å². The molecule has 0 aliphatic heterocycles. The van der Waals surface area contributed by atoms with Gasteiger partial charge in [0, 0.05) is 21.2 Å². The van der Waals surface area contributed by atoms with Crippen LogP contribution in [0.3, 0.4) is 0 Å². The molecule has 2 heterocycles. The molecular formula is C28H18BrN3S. The Hall–Kier alpha value is -3.54. The van der Waals surface area contributed by atoms with Crippen LogP contribution in [0.4, 0.5) is 0 Å². The van der Waals surface area contributed by atoms with Crippen LogP contribution >= 0.6 is 27.3 Å². The topological polar surface area (TPSA) is 30.7 Å². The molecule has 0 radical (unpaired) electrons. The lowest BCUT2D eigenvalue weighted by atomic mass is 10.0. The first-order valence-electron chi connectivity index (χ1n) is 10.6. The number of hydrogen-bond acceptors (Lipinski definition) is 3. The average Bonchev–Trinajstić information content (AvgIpc) is 3.47. The normalized spacial score (nSPS) is 11.2.